The van der Waals surface area contributed by atoms with Gasteiger partial charge in [-0.1, -0.05) is 23.8 Å². The summed E-state index contributed by atoms with van der Waals surface area (Å²) in [6, 6.07) is 4.02. The maximum atomic E-state index is 12.1. The van der Waals surface area contributed by atoms with Gasteiger partial charge in [-0.25, -0.2) is 0 Å². The lowest BCUT2D eigenvalue weighted by molar-refractivity contribution is -0.110. The Hall–Kier alpha value is -2.09. The fourth-order valence-corrected chi connectivity index (χ4v) is 2.30. The molecule has 1 aromatic carbocycles. The molecule has 1 aliphatic rings. The van der Waals surface area contributed by atoms with E-state index in [0.29, 0.717) is 0 Å². The van der Waals surface area contributed by atoms with Gasteiger partial charge in [-0.2, -0.15) is 0 Å². The molecule has 1 aliphatic heterocycles. The summed E-state index contributed by atoms with van der Waals surface area (Å²) >= 11 is 0. The lowest BCUT2D eigenvalue weighted by atomic mass is 9.97. The number of hydrogen-bond acceptors (Lipinski definition) is 1. The molecular formula is C18H21NO. The molecule has 104 valence electrons. The molecule has 0 aromatic heterocycles. The highest BCUT2D eigenvalue weighted by Crippen LogP contribution is 2.35. The minimum Gasteiger partial charge on any atom is -0.321 e. The molecule has 0 saturated heterocycles. The quantitative estimate of drug-likeness (QED) is 0.618. The molecule has 0 bridgehead atoms. The topological polar surface area (TPSA) is 29.1 Å². The predicted octanol–water partition coefficient (Wildman–Crippen LogP) is 4.55. The van der Waals surface area contributed by atoms with E-state index < -0.39 is 0 Å². The van der Waals surface area contributed by atoms with Gasteiger partial charge in [-0.3, -0.25) is 4.79 Å². The van der Waals surface area contributed by atoms with E-state index in [1.165, 1.54) is 22.3 Å². The zero-order valence-corrected chi connectivity index (χ0v) is 12.8. The number of allylic oxidation sites excluding steroid dienone is 5. The fourth-order valence-electron chi connectivity index (χ4n) is 2.30. The monoisotopic (exact) mass is 267 g/mol. The van der Waals surface area contributed by atoms with E-state index in [-0.39, 0.29) is 5.91 Å². The Bertz CT molecular complexity index is 660. The molecule has 1 amide bonds. The summed E-state index contributed by atoms with van der Waals surface area (Å²) in [7, 11) is 0. The van der Waals surface area contributed by atoms with Gasteiger partial charge in [0.05, 0.1) is 0 Å². The molecule has 0 atom stereocenters. The lowest BCUT2D eigenvalue weighted by Crippen LogP contribution is -2.03. The first-order chi connectivity index (χ1) is 9.45. The van der Waals surface area contributed by atoms with E-state index >= 15 is 0 Å². The van der Waals surface area contributed by atoms with E-state index in [4.69, 9.17) is 0 Å². The molecule has 2 heteroatoms. The molecule has 1 aromatic rings. The molecule has 20 heavy (non-hydrogen) atoms. The number of hydrogen-bond donors (Lipinski definition) is 1. The van der Waals surface area contributed by atoms with Crippen LogP contribution in [0.2, 0.25) is 0 Å². The Morgan fingerprint density at radius 2 is 1.85 bits per heavy atom. The third-order valence-electron chi connectivity index (χ3n) is 4.05. The molecule has 0 unspecified atom stereocenters. The highest BCUT2D eigenvalue weighted by Gasteiger charge is 2.25. The molecule has 0 radical (unpaired) electrons. The number of fused-ring (bicyclic) bond motifs is 1. The number of rotatable bonds is 2. The van der Waals surface area contributed by atoms with Gasteiger partial charge in [-0.15, -0.1) is 0 Å². The molecule has 0 saturated carbocycles. The maximum absolute atomic E-state index is 12.1. The van der Waals surface area contributed by atoms with Crippen LogP contribution in [-0.4, -0.2) is 5.91 Å². The van der Waals surface area contributed by atoms with Gasteiger partial charge in [0.15, 0.2) is 0 Å². The van der Waals surface area contributed by atoms with Crippen LogP contribution in [0.25, 0.3) is 5.57 Å². The van der Waals surface area contributed by atoms with Crippen LogP contribution >= 0.6 is 0 Å². The predicted molar refractivity (Wildman–Crippen MR) is 85.7 cm³/mol. The fraction of sp³-hybridized carbons (Fsp3) is 0.278. The van der Waals surface area contributed by atoms with Gasteiger partial charge >= 0.3 is 0 Å². The van der Waals surface area contributed by atoms with Gasteiger partial charge < -0.3 is 5.32 Å². The van der Waals surface area contributed by atoms with Crippen LogP contribution in [0.3, 0.4) is 0 Å². The highest BCUT2D eigenvalue weighted by atomic mass is 16.2. The molecule has 0 spiro atoms. The van der Waals surface area contributed by atoms with Gasteiger partial charge in [0, 0.05) is 16.8 Å². The number of aryl methyl sites for hydroxylation is 1. The third kappa shape index (κ3) is 2.46. The Morgan fingerprint density at radius 3 is 2.50 bits per heavy atom. The van der Waals surface area contributed by atoms with Gasteiger partial charge in [0.2, 0.25) is 0 Å². The number of nitrogens with one attached hydrogen (secondary N) is 1. The van der Waals surface area contributed by atoms with Crippen molar-refractivity contribution in [2.45, 2.75) is 34.6 Å². The number of benzene rings is 1. The number of amides is 1. The first-order valence-electron chi connectivity index (χ1n) is 6.89. The first kappa shape index (κ1) is 14.3. The number of carbonyl (C=O) groups is 1. The van der Waals surface area contributed by atoms with Crippen LogP contribution in [0.5, 0.6) is 0 Å². The van der Waals surface area contributed by atoms with Crippen LogP contribution in [0.15, 0.2) is 41.5 Å². The van der Waals surface area contributed by atoms with Gasteiger partial charge in [-0.05, 0) is 63.5 Å². The average Bonchev–Trinajstić information content (AvgIpc) is 2.76. The Kier molecular flexibility index (Phi) is 3.93. The maximum Gasteiger partial charge on any atom is 0.256 e. The normalized spacial score (nSPS) is 17.4. The Balaban J connectivity index is 2.51. The molecule has 0 aliphatic carbocycles. The summed E-state index contributed by atoms with van der Waals surface area (Å²) in [4.78, 5) is 12.1. The van der Waals surface area contributed by atoms with Crippen molar-refractivity contribution in [3.8, 4) is 0 Å². The van der Waals surface area contributed by atoms with E-state index in [2.05, 4.69) is 39.1 Å². The van der Waals surface area contributed by atoms with Gasteiger partial charge in [0.25, 0.3) is 5.91 Å². The van der Waals surface area contributed by atoms with Crippen LogP contribution in [0.1, 0.15) is 37.5 Å². The highest BCUT2D eigenvalue weighted by molar-refractivity contribution is 6.32. The van der Waals surface area contributed by atoms with Crippen LogP contribution < -0.4 is 5.32 Å². The summed E-state index contributed by atoms with van der Waals surface area (Å²) in [6.07, 6.45) is 6.01. The van der Waals surface area contributed by atoms with Gasteiger partial charge in [0.1, 0.15) is 0 Å². The SMILES string of the molecule is CC=C(C)C(C)=C/C=C1\C(=O)Nc2ccc(C)c(C)c21. The second-order valence-corrected chi connectivity index (χ2v) is 5.29. The summed E-state index contributed by atoms with van der Waals surface area (Å²) in [5.41, 5.74) is 7.48. The van der Waals surface area contributed by atoms with Crippen molar-refractivity contribution in [2.24, 2.45) is 0 Å². The minimum absolute atomic E-state index is 0.0177. The van der Waals surface area contributed by atoms with Crippen molar-refractivity contribution >= 4 is 17.2 Å². The third-order valence-corrected chi connectivity index (χ3v) is 4.05. The van der Waals surface area contributed by atoms with Crippen molar-refractivity contribution in [1.82, 2.24) is 0 Å². The summed E-state index contributed by atoms with van der Waals surface area (Å²) in [5, 5.41) is 2.93. The molecule has 1 N–H and O–H groups in total. The number of anilines is 1. The molecule has 2 rings (SSSR count). The largest absolute Gasteiger partial charge is 0.321 e. The average molecular weight is 267 g/mol. The Morgan fingerprint density at radius 1 is 1.15 bits per heavy atom. The molecule has 1 heterocycles. The van der Waals surface area contributed by atoms with E-state index in [0.717, 1.165) is 16.8 Å². The first-order valence-corrected chi connectivity index (χ1v) is 6.89. The van der Waals surface area contributed by atoms with Crippen molar-refractivity contribution in [1.29, 1.82) is 0 Å². The van der Waals surface area contributed by atoms with Crippen molar-refractivity contribution in [2.75, 3.05) is 5.32 Å². The minimum atomic E-state index is -0.0177. The zero-order chi connectivity index (χ0) is 14.9. The Labute approximate surface area is 120 Å². The molecule has 2 nitrogen and oxygen atoms in total. The van der Waals surface area contributed by atoms with E-state index in [1.807, 2.05) is 31.2 Å². The van der Waals surface area contributed by atoms with Crippen LogP contribution in [-0.2, 0) is 4.79 Å². The van der Waals surface area contributed by atoms with Crippen molar-refractivity contribution in [3.63, 3.8) is 0 Å². The van der Waals surface area contributed by atoms with Crippen molar-refractivity contribution < 1.29 is 4.79 Å². The number of carbonyl (C=O) groups excluding carboxylic acids is 1. The van der Waals surface area contributed by atoms with Crippen LogP contribution in [0, 0.1) is 13.8 Å². The van der Waals surface area contributed by atoms with E-state index in [9.17, 15) is 4.79 Å². The second kappa shape index (κ2) is 5.49. The zero-order valence-electron chi connectivity index (χ0n) is 12.8. The summed E-state index contributed by atoms with van der Waals surface area (Å²) in [6.45, 7) is 10.3. The van der Waals surface area contributed by atoms with E-state index in [1.54, 1.807) is 0 Å². The smallest absolute Gasteiger partial charge is 0.256 e. The van der Waals surface area contributed by atoms with Crippen molar-refractivity contribution in [3.05, 3.63) is 58.2 Å². The summed E-state index contributed by atoms with van der Waals surface area (Å²) in [5.74, 6) is -0.0177. The second-order valence-electron chi connectivity index (χ2n) is 5.29. The standard InChI is InChI=1S/C18H21NO/c1-6-11(2)12(3)7-9-15-17-14(5)13(4)8-10-16(17)19-18(15)20/h6-10H,1-5H3,(H,19,20)/b11-6?,12-7?,15-9-. The summed E-state index contributed by atoms with van der Waals surface area (Å²) < 4.78 is 0. The lowest BCUT2D eigenvalue weighted by Gasteiger charge is -2.06. The van der Waals surface area contributed by atoms with Crippen LogP contribution in [0.4, 0.5) is 5.69 Å². The molecular weight excluding hydrogens is 246 g/mol. The molecule has 0 fully saturated rings.